The molecule has 0 radical (unpaired) electrons. The van der Waals surface area contributed by atoms with E-state index in [9.17, 15) is 4.79 Å². The average molecular weight is 267 g/mol. The van der Waals surface area contributed by atoms with E-state index < -0.39 is 0 Å². The number of benzene rings is 1. The van der Waals surface area contributed by atoms with Gasteiger partial charge in [0.1, 0.15) is 0 Å². The molecule has 1 aromatic heterocycles. The summed E-state index contributed by atoms with van der Waals surface area (Å²) in [5, 5.41) is 4.16. The van der Waals surface area contributed by atoms with Crippen molar-refractivity contribution in [3.05, 3.63) is 65.0 Å². The second-order valence-electron chi connectivity index (χ2n) is 4.69. The lowest BCUT2D eigenvalue weighted by Crippen LogP contribution is -2.19. The number of nitrogens with one attached hydrogen (secondary N) is 1. The molecule has 0 aliphatic carbocycles. The fourth-order valence-electron chi connectivity index (χ4n) is 1.98. The fraction of sp³-hybridized carbons (Fsp3) is 0.188. The van der Waals surface area contributed by atoms with Crippen LogP contribution in [0.4, 0.5) is 0 Å². The first kappa shape index (κ1) is 13.9. The van der Waals surface area contributed by atoms with Gasteiger partial charge in [-0.2, -0.15) is 5.10 Å². The van der Waals surface area contributed by atoms with Crippen molar-refractivity contribution in [2.45, 2.75) is 20.8 Å². The van der Waals surface area contributed by atoms with Crippen LogP contribution in [-0.4, -0.2) is 16.6 Å². The van der Waals surface area contributed by atoms with Crippen LogP contribution in [0, 0.1) is 13.8 Å². The van der Waals surface area contributed by atoms with Crippen LogP contribution < -0.4 is 5.43 Å². The molecule has 20 heavy (non-hydrogen) atoms. The molecular weight excluding hydrogens is 250 g/mol. The molecule has 4 heteroatoms. The van der Waals surface area contributed by atoms with Gasteiger partial charge in [-0.1, -0.05) is 23.8 Å². The van der Waals surface area contributed by atoms with Gasteiger partial charge in [-0.3, -0.25) is 9.78 Å². The van der Waals surface area contributed by atoms with Crippen LogP contribution in [0.25, 0.3) is 0 Å². The second kappa shape index (κ2) is 6.10. The SMILES string of the molecule is CC(=NNC(=O)c1ccncc1)c1ccc(C)cc1C. The Hall–Kier alpha value is -2.49. The van der Waals surface area contributed by atoms with Gasteiger partial charge in [-0.15, -0.1) is 0 Å². The predicted octanol–water partition coefficient (Wildman–Crippen LogP) is 2.85. The lowest BCUT2D eigenvalue weighted by Gasteiger charge is -2.07. The molecule has 1 aromatic carbocycles. The van der Waals surface area contributed by atoms with Crippen molar-refractivity contribution in [1.82, 2.24) is 10.4 Å². The van der Waals surface area contributed by atoms with Gasteiger partial charge >= 0.3 is 0 Å². The summed E-state index contributed by atoms with van der Waals surface area (Å²) in [5.41, 5.74) is 7.27. The Morgan fingerprint density at radius 1 is 1.15 bits per heavy atom. The summed E-state index contributed by atoms with van der Waals surface area (Å²) >= 11 is 0. The quantitative estimate of drug-likeness (QED) is 0.686. The van der Waals surface area contributed by atoms with Gasteiger partial charge in [-0.05, 0) is 38.5 Å². The first-order chi connectivity index (χ1) is 9.58. The Morgan fingerprint density at radius 2 is 1.85 bits per heavy atom. The number of aromatic nitrogens is 1. The third-order valence-corrected chi connectivity index (χ3v) is 3.04. The first-order valence-electron chi connectivity index (χ1n) is 6.40. The monoisotopic (exact) mass is 267 g/mol. The topological polar surface area (TPSA) is 54.4 Å². The second-order valence-corrected chi connectivity index (χ2v) is 4.69. The van der Waals surface area contributed by atoms with Crippen molar-refractivity contribution in [3.63, 3.8) is 0 Å². The van der Waals surface area contributed by atoms with Crippen LogP contribution >= 0.6 is 0 Å². The van der Waals surface area contributed by atoms with E-state index >= 15 is 0 Å². The maximum Gasteiger partial charge on any atom is 0.271 e. The minimum Gasteiger partial charge on any atom is -0.267 e. The summed E-state index contributed by atoms with van der Waals surface area (Å²) in [7, 11) is 0. The van der Waals surface area contributed by atoms with Gasteiger partial charge in [0.05, 0.1) is 5.71 Å². The Kier molecular flexibility index (Phi) is 4.25. The predicted molar refractivity (Wildman–Crippen MR) is 79.8 cm³/mol. The molecule has 0 saturated heterocycles. The maximum atomic E-state index is 11.9. The van der Waals surface area contributed by atoms with Crippen LogP contribution in [0.1, 0.15) is 34.0 Å². The summed E-state index contributed by atoms with van der Waals surface area (Å²) in [6, 6.07) is 9.45. The van der Waals surface area contributed by atoms with E-state index in [1.807, 2.05) is 26.0 Å². The van der Waals surface area contributed by atoms with Crippen LogP contribution in [0.2, 0.25) is 0 Å². The van der Waals surface area contributed by atoms with Crippen LogP contribution in [0.5, 0.6) is 0 Å². The van der Waals surface area contributed by atoms with E-state index in [-0.39, 0.29) is 5.91 Å². The lowest BCUT2D eigenvalue weighted by atomic mass is 10.0. The lowest BCUT2D eigenvalue weighted by molar-refractivity contribution is 0.0954. The van der Waals surface area contributed by atoms with Crippen molar-refractivity contribution in [1.29, 1.82) is 0 Å². The summed E-state index contributed by atoms with van der Waals surface area (Å²) in [6.45, 7) is 5.96. The van der Waals surface area contributed by atoms with E-state index in [2.05, 4.69) is 28.5 Å². The number of rotatable bonds is 3. The van der Waals surface area contributed by atoms with Crippen molar-refractivity contribution >= 4 is 11.6 Å². The Bertz CT molecular complexity index is 648. The van der Waals surface area contributed by atoms with Gasteiger partial charge in [0.2, 0.25) is 0 Å². The molecule has 0 spiro atoms. The standard InChI is InChI=1S/C16H17N3O/c1-11-4-5-15(12(2)10-11)13(3)18-19-16(20)14-6-8-17-9-7-14/h4-10H,1-3H3,(H,19,20). The number of aryl methyl sites for hydroxylation is 2. The van der Waals surface area contributed by atoms with Gasteiger partial charge < -0.3 is 0 Å². The molecule has 0 aliphatic rings. The molecule has 0 aliphatic heterocycles. The van der Waals surface area contributed by atoms with Crippen molar-refractivity contribution < 1.29 is 4.79 Å². The normalized spacial score (nSPS) is 11.2. The maximum absolute atomic E-state index is 11.9. The highest BCUT2D eigenvalue weighted by Gasteiger charge is 2.05. The highest BCUT2D eigenvalue weighted by atomic mass is 16.2. The third kappa shape index (κ3) is 3.29. The van der Waals surface area contributed by atoms with Crippen LogP contribution in [0.3, 0.4) is 0 Å². The van der Waals surface area contributed by atoms with Crippen molar-refractivity contribution in [3.8, 4) is 0 Å². The van der Waals surface area contributed by atoms with E-state index in [4.69, 9.17) is 0 Å². The molecule has 102 valence electrons. The minimum atomic E-state index is -0.239. The average Bonchev–Trinajstić information content (AvgIpc) is 2.45. The molecule has 1 amide bonds. The minimum absolute atomic E-state index is 0.239. The number of pyridine rings is 1. The number of nitrogens with zero attached hydrogens (tertiary/aromatic N) is 2. The number of amides is 1. The van der Waals surface area contributed by atoms with E-state index in [1.165, 1.54) is 5.56 Å². The molecule has 0 saturated carbocycles. The summed E-state index contributed by atoms with van der Waals surface area (Å²) in [6.07, 6.45) is 3.16. The van der Waals surface area contributed by atoms with E-state index in [1.54, 1.807) is 24.5 Å². The number of hydrazone groups is 1. The molecule has 2 rings (SSSR count). The van der Waals surface area contributed by atoms with Crippen LogP contribution in [-0.2, 0) is 0 Å². The zero-order chi connectivity index (χ0) is 14.5. The van der Waals surface area contributed by atoms with E-state index in [0.29, 0.717) is 5.56 Å². The number of hydrogen-bond acceptors (Lipinski definition) is 3. The number of carbonyl (C=O) groups is 1. The molecule has 0 bridgehead atoms. The molecule has 0 atom stereocenters. The highest BCUT2D eigenvalue weighted by molar-refractivity contribution is 6.01. The molecule has 0 unspecified atom stereocenters. The van der Waals surface area contributed by atoms with Gasteiger partial charge in [0, 0.05) is 23.5 Å². The Morgan fingerprint density at radius 3 is 2.50 bits per heavy atom. The molecular formula is C16H17N3O. The zero-order valence-electron chi connectivity index (χ0n) is 11.8. The Balaban J connectivity index is 2.13. The first-order valence-corrected chi connectivity index (χ1v) is 6.40. The molecule has 1 N–H and O–H groups in total. The largest absolute Gasteiger partial charge is 0.271 e. The van der Waals surface area contributed by atoms with Crippen molar-refractivity contribution in [2.24, 2.45) is 5.10 Å². The van der Waals surface area contributed by atoms with Gasteiger partial charge in [-0.25, -0.2) is 5.43 Å². The summed E-state index contributed by atoms with van der Waals surface area (Å²) in [5.74, 6) is -0.239. The van der Waals surface area contributed by atoms with Gasteiger partial charge in [0.15, 0.2) is 0 Å². The Labute approximate surface area is 118 Å². The molecule has 2 aromatic rings. The summed E-state index contributed by atoms with van der Waals surface area (Å²) < 4.78 is 0. The number of hydrogen-bond donors (Lipinski definition) is 1. The molecule has 0 fully saturated rings. The summed E-state index contributed by atoms with van der Waals surface area (Å²) in [4.78, 5) is 15.7. The van der Waals surface area contributed by atoms with Crippen molar-refractivity contribution in [2.75, 3.05) is 0 Å². The highest BCUT2D eigenvalue weighted by Crippen LogP contribution is 2.11. The number of carbonyl (C=O) groups excluding carboxylic acids is 1. The van der Waals surface area contributed by atoms with E-state index in [0.717, 1.165) is 16.8 Å². The molecule has 1 heterocycles. The smallest absolute Gasteiger partial charge is 0.267 e. The van der Waals surface area contributed by atoms with Gasteiger partial charge in [0.25, 0.3) is 5.91 Å². The van der Waals surface area contributed by atoms with Crippen LogP contribution in [0.15, 0.2) is 47.8 Å². The third-order valence-electron chi connectivity index (χ3n) is 3.04. The molecule has 4 nitrogen and oxygen atoms in total. The fourth-order valence-corrected chi connectivity index (χ4v) is 1.98. The zero-order valence-corrected chi connectivity index (χ0v) is 11.8.